The number of pyridine rings is 1. The van der Waals surface area contributed by atoms with Crippen LogP contribution in [0.1, 0.15) is 50.8 Å². The number of H-pyrrole nitrogens is 1. The van der Waals surface area contributed by atoms with Crippen molar-refractivity contribution >= 4 is 0 Å². The minimum absolute atomic E-state index is 0.0444. The molecule has 4 rings (SSSR count). The SMILES string of the molecule is CC(C)(C)c1cc(-c2cc(OCC3COC3)c(C3CC3)cn2)n[nH]1. The van der Waals surface area contributed by atoms with Crippen molar-refractivity contribution in [2.75, 3.05) is 19.8 Å². The van der Waals surface area contributed by atoms with E-state index >= 15 is 0 Å². The normalized spacial score (nSPS) is 18.5. The summed E-state index contributed by atoms with van der Waals surface area (Å²) in [6, 6.07) is 4.14. The van der Waals surface area contributed by atoms with E-state index in [-0.39, 0.29) is 5.41 Å². The average Bonchev–Trinajstić information content (AvgIpc) is 3.20. The van der Waals surface area contributed by atoms with Gasteiger partial charge in [0.1, 0.15) is 11.4 Å². The second-order valence-corrected chi connectivity index (χ2v) is 8.01. The smallest absolute Gasteiger partial charge is 0.126 e. The predicted octanol–water partition coefficient (Wildman–Crippen LogP) is 3.67. The first-order valence-corrected chi connectivity index (χ1v) is 8.77. The number of ether oxygens (including phenoxy) is 2. The van der Waals surface area contributed by atoms with Crippen molar-refractivity contribution in [2.45, 2.75) is 44.9 Å². The maximum atomic E-state index is 6.12. The second kappa shape index (κ2) is 5.88. The molecule has 2 aliphatic rings. The Kier molecular flexibility index (Phi) is 3.83. The monoisotopic (exact) mass is 327 g/mol. The quantitative estimate of drug-likeness (QED) is 0.910. The Morgan fingerprint density at radius 3 is 2.58 bits per heavy atom. The Morgan fingerprint density at radius 1 is 1.21 bits per heavy atom. The molecular formula is C19H25N3O2. The zero-order valence-corrected chi connectivity index (χ0v) is 14.6. The molecule has 2 fully saturated rings. The zero-order valence-electron chi connectivity index (χ0n) is 14.6. The molecular weight excluding hydrogens is 302 g/mol. The van der Waals surface area contributed by atoms with Crippen LogP contribution < -0.4 is 4.74 Å². The molecule has 0 unspecified atom stereocenters. The van der Waals surface area contributed by atoms with E-state index in [0.717, 1.165) is 42.7 Å². The van der Waals surface area contributed by atoms with Gasteiger partial charge in [0.05, 0.1) is 25.5 Å². The van der Waals surface area contributed by atoms with Gasteiger partial charge in [-0.1, -0.05) is 20.8 Å². The van der Waals surface area contributed by atoms with Crippen molar-refractivity contribution in [2.24, 2.45) is 5.92 Å². The lowest BCUT2D eigenvalue weighted by molar-refractivity contribution is -0.0509. The van der Waals surface area contributed by atoms with Crippen molar-refractivity contribution in [1.82, 2.24) is 15.2 Å². The Hall–Kier alpha value is -1.88. The highest BCUT2D eigenvalue weighted by molar-refractivity contribution is 5.58. The lowest BCUT2D eigenvalue weighted by Gasteiger charge is -2.26. The van der Waals surface area contributed by atoms with E-state index in [1.54, 1.807) is 0 Å². The van der Waals surface area contributed by atoms with Gasteiger partial charge < -0.3 is 9.47 Å². The standard InChI is InChI=1S/C19H25N3O2/c1-19(2,3)18-7-16(21-22-18)15-6-17(24-11-12-9-23-10-12)14(8-20-15)13-4-5-13/h6-8,12-13H,4-5,9-11H2,1-3H3,(H,21,22). The molecule has 0 atom stereocenters. The number of nitrogens with zero attached hydrogens (tertiary/aromatic N) is 2. The van der Waals surface area contributed by atoms with Crippen LogP contribution in [0.3, 0.4) is 0 Å². The maximum Gasteiger partial charge on any atom is 0.126 e. The first-order valence-electron chi connectivity index (χ1n) is 8.77. The second-order valence-electron chi connectivity index (χ2n) is 8.01. The molecule has 128 valence electrons. The van der Waals surface area contributed by atoms with Gasteiger partial charge >= 0.3 is 0 Å². The zero-order chi connectivity index (χ0) is 16.7. The van der Waals surface area contributed by atoms with E-state index in [2.05, 4.69) is 48.1 Å². The van der Waals surface area contributed by atoms with Crippen molar-refractivity contribution in [3.63, 3.8) is 0 Å². The Labute approximate surface area is 142 Å². The Bertz CT molecular complexity index is 724. The molecule has 0 bridgehead atoms. The van der Waals surface area contributed by atoms with Gasteiger partial charge in [-0.2, -0.15) is 5.10 Å². The first-order chi connectivity index (χ1) is 11.5. The van der Waals surface area contributed by atoms with Gasteiger partial charge in [-0.05, 0) is 24.8 Å². The summed E-state index contributed by atoms with van der Waals surface area (Å²) in [6.45, 7) is 8.85. The summed E-state index contributed by atoms with van der Waals surface area (Å²) in [6.07, 6.45) is 4.45. The number of hydrogen-bond acceptors (Lipinski definition) is 4. The van der Waals surface area contributed by atoms with E-state index < -0.39 is 0 Å². The number of aromatic nitrogens is 3. The van der Waals surface area contributed by atoms with Gasteiger partial charge in [0.2, 0.25) is 0 Å². The van der Waals surface area contributed by atoms with Gasteiger partial charge in [0.25, 0.3) is 0 Å². The highest BCUT2D eigenvalue weighted by atomic mass is 16.5. The number of aromatic amines is 1. The third-order valence-electron chi connectivity index (χ3n) is 4.74. The molecule has 1 aliphatic heterocycles. The Morgan fingerprint density at radius 2 is 2.00 bits per heavy atom. The van der Waals surface area contributed by atoms with Gasteiger partial charge in [-0.3, -0.25) is 10.1 Å². The summed E-state index contributed by atoms with van der Waals surface area (Å²) in [5.41, 5.74) is 4.14. The van der Waals surface area contributed by atoms with Crippen molar-refractivity contribution in [3.8, 4) is 17.1 Å². The van der Waals surface area contributed by atoms with Crippen LogP contribution in [0, 0.1) is 5.92 Å². The molecule has 1 saturated heterocycles. The molecule has 24 heavy (non-hydrogen) atoms. The summed E-state index contributed by atoms with van der Waals surface area (Å²) >= 11 is 0. The first kappa shape index (κ1) is 15.6. The van der Waals surface area contributed by atoms with E-state index in [4.69, 9.17) is 9.47 Å². The van der Waals surface area contributed by atoms with Crippen molar-refractivity contribution in [1.29, 1.82) is 0 Å². The van der Waals surface area contributed by atoms with E-state index in [1.165, 1.54) is 18.4 Å². The van der Waals surface area contributed by atoms with Gasteiger partial charge in [-0.15, -0.1) is 0 Å². The third kappa shape index (κ3) is 3.18. The average molecular weight is 327 g/mol. The minimum Gasteiger partial charge on any atom is -0.493 e. The van der Waals surface area contributed by atoms with Gasteiger partial charge in [-0.25, -0.2) is 0 Å². The van der Waals surface area contributed by atoms with E-state index in [9.17, 15) is 0 Å². The topological polar surface area (TPSA) is 60.0 Å². The summed E-state index contributed by atoms with van der Waals surface area (Å²) < 4.78 is 11.4. The molecule has 0 amide bonds. The van der Waals surface area contributed by atoms with Gasteiger partial charge in [0, 0.05) is 34.9 Å². The van der Waals surface area contributed by atoms with Gasteiger partial charge in [0.15, 0.2) is 0 Å². The van der Waals surface area contributed by atoms with Crippen LogP contribution in [0.25, 0.3) is 11.4 Å². The summed E-state index contributed by atoms with van der Waals surface area (Å²) in [4.78, 5) is 4.64. The Balaban J connectivity index is 1.59. The molecule has 1 saturated carbocycles. The van der Waals surface area contributed by atoms with E-state index in [1.807, 2.05) is 6.20 Å². The molecule has 1 aliphatic carbocycles. The molecule has 0 spiro atoms. The highest BCUT2D eigenvalue weighted by Gasteiger charge is 2.29. The molecule has 2 aromatic heterocycles. The molecule has 5 heteroatoms. The summed E-state index contributed by atoms with van der Waals surface area (Å²) in [5, 5.41) is 7.58. The largest absolute Gasteiger partial charge is 0.493 e. The molecule has 5 nitrogen and oxygen atoms in total. The third-order valence-corrected chi connectivity index (χ3v) is 4.74. The molecule has 1 N–H and O–H groups in total. The molecule has 2 aromatic rings. The van der Waals surface area contributed by atoms with Crippen molar-refractivity contribution in [3.05, 3.63) is 29.6 Å². The predicted molar refractivity (Wildman–Crippen MR) is 92.3 cm³/mol. The molecule has 0 aromatic carbocycles. The van der Waals surface area contributed by atoms with Crippen LogP contribution in [-0.2, 0) is 10.2 Å². The summed E-state index contributed by atoms with van der Waals surface area (Å²) in [5.74, 6) is 2.10. The fourth-order valence-corrected chi connectivity index (χ4v) is 2.84. The molecule has 0 radical (unpaired) electrons. The molecule has 3 heterocycles. The lowest BCUT2D eigenvalue weighted by atomic mass is 9.92. The summed E-state index contributed by atoms with van der Waals surface area (Å²) in [7, 11) is 0. The van der Waals surface area contributed by atoms with Crippen LogP contribution in [0.15, 0.2) is 18.3 Å². The van der Waals surface area contributed by atoms with Crippen LogP contribution >= 0.6 is 0 Å². The van der Waals surface area contributed by atoms with Crippen molar-refractivity contribution < 1.29 is 9.47 Å². The lowest BCUT2D eigenvalue weighted by Crippen LogP contribution is -2.32. The number of rotatable bonds is 5. The fourth-order valence-electron chi connectivity index (χ4n) is 2.84. The fraction of sp³-hybridized carbons (Fsp3) is 0.579. The minimum atomic E-state index is 0.0444. The maximum absolute atomic E-state index is 6.12. The van der Waals surface area contributed by atoms with Crippen LogP contribution in [0.2, 0.25) is 0 Å². The number of nitrogens with one attached hydrogen (secondary N) is 1. The number of hydrogen-bond donors (Lipinski definition) is 1. The highest BCUT2D eigenvalue weighted by Crippen LogP contribution is 2.44. The van der Waals surface area contributed by atoms with Crippen LogP contribution in [-0.4, -0.2) is 35.0 Å². The van der Waals surface area contributed by atoms with Crippen LogP contribution in [0.5, 0.6) is 5.75 Å². The van der Waals surface area contributed by atoms with Crippen LogP contribution in [0.4, 0.5) is 0 Å². The van der Waals surface area contributed by atoms with E-state index in [0.29, 0.717) is 11.8 Å².